The number of amides is 1. The molecule has 0 saturated carbocycles. The number of aromatic nitrogens is 2. The van der Waals surface area contributed by atoms with E-state index < -0.39 is 11.9 Å². The van der Waals surface area contributed by atoms with Crippen molar-refractivity contribution >= 4 is 11.6 Å². The average molecular weight is 300 g/mol. The first kappa shape index (κ1) is 14.4. The summed E-state index contributed by atoms with van der Waals surface area (Å²) in [5.41, 5.74) is 7.80. The SMILES string of the molecule is CCc1cncnc1Oc1ccc2c(c1)CC(N)C(=O)N2O. The van der Waals surface area contributed by atoms with E-state index in [1.807, 2.05) is 6.92 Å². The number of aryl methyl sites for hydroxylation is 1. The van der Waals surface area contributed by atoms with Crippen LogP contribution in [0.4, 0.5) is 5.69 Å². The van der Waals surface area contributed by atoms with Crippen LogP contribution in [0.25, 0.3) is 0 Å². The maximum absolute atomic E-state index is 11.7. The zero-order chi connectivity index (χ0) is 15.7. The van der Waals surface area contributed by atoms with Gasteiger partial charge in [0, 0.05) is 11.8 Å². The molecule has 1 amide bonds. The molecule has 1 aliphatic rings. The molecule has 0 spiro atoms. The lowest BCUT2D eigenvalue weighted by atomic mass is 9.99. The Labute approximate surface area is 127 Å². The van der Waals surface area contributed by atoms with Gasteiger partial charge in [-0.2, -0.15) is 5.06 Å². The van der Waals surface area contributed by atoms with Crippen LogP contribution >= 0.6 is 0 Å². The Bertz CT molecular complexity index is 720. The quantitative estimate of drug-likeness (QED) is 0.832. The Morgan fingerprint density at radius 3 is 3.09 bits per heavy atom. The van der Waals surface area contributed by atoms with Crippen molar-refractivity contribution in [2.45, 2.75) is 25.8 Å². The highest BCUT2D eigenvalue weighted by Crippen LogP contribution is 2.32. The second kappa shape index (κ2) is 5.70. The number of rotatable bonds is 3. The lowest BCUT2D eigenvalue weighted by molar-refractivity contribution is -0.125. The third kappa shape index (κ3) is 2.51. The summed E-state index contributed by atoms with van der Waals surface area (Å²) < 4.78 is 5.79. The number of hydrogen-bond donors (Lipinski definition) is 2. The predicted octanol–water partition coefficient (Wildman–Crippen LogP) is 1.44. The number of ether oxygens (including phenoxy) is 1. The van der Waals surface area contributed by atoms with Gasteiger partial charge in [0.15, 0.2) is 0 Å². The Morgan fingerprint density at radius 2 is 2.32 bits per heavy atom. The van der Waals surface area contributed by atoms with Crippen LogP contribution in [0.15, 0.2) is 30.7 Å². The highest BCUT2D eigenvalue weighted by atomic mass is 16.5. The smallest absolute Gasteiger partial charge is 0.267 e. The minimum Gasteiger partial charge on any atom is -0.439 e. The standard InChI is InChI=1S/C15H16N4O3/c1-2-9-7-17-8-18-14(9)22-11-3-4-13-10(5-11)6-12(16)15(20)19(13)21/h3-5,7-8,12,21H,2,6,16H2,1H3. The summed E-state index contributed by atoms with van der Waals surface area (Å²) in [5, 5.41) is 10.4. The Kier molecular flexibility index (Phi) is 3.74. The van der Waals surface area contributed by atoms with E-state index in [-0.39, 0.29) is 0 Å². The van der Waals surface area contributed by atoms with Gasteiger partial charge in [-0.1, -0.05) is 6.92 Å². The molecule has 1 aromatic heterocycles. The van der Waals surface area contributed by atoms with Crippen molar-refractivity contribution < 1.29 is 14.7 Å². The van der Waals surface area contributed by atoms with E-state index in [0.717, 1.165) is 17.5 Å². The van der Waals surface area contributed by atoms with Gasteiger partial charge in [0.2, 0.25) is 5.88 Å². The summed E-state index contributed by atoms with van der Waals surface area (Å²) in [6.45, 7) is 1.99. The molecule has 1 atom stereocenters. The molecular formula is C15H16N4O3. The highest BCUT2D eigenvalue weighted by Gasteiger charge is 2.29. The number of carbonyl (C=O) groups is 1. The molecule has 0 bridgehead atoms. The van der Waals surface area contributed by atoms with Gasteiger partial charge in [-0.05, 0) is 36.6 Å². The third-order valence-corrected chi connectivity index (χ3v) is 3.59. The topological polar surface area (TPSA) is 102 Å². The van der Waals surface area contributed by atoms with E-state index >= 15 is 0 Å². The molecule has 7 heteroatoms. The van der Waals surface area contributed by atoms with E-state index in [1.54, 1.807) is 24.4 Å². The van der Waals surface area contributed by atoms with Crippen LogP contribution in [0, 0.1) is 0 Å². The molecule has 0 aliphatic carbocycles. The fraction of sp³-hybridized carbons (Fsp3) is 0.267. The molecule has 1 aliphatic heterocycles. The molecule has 22 heavy (non-hydrogen) atoms. The minimum absolute atomic E-state index is 0.354. The zero-order valence-electron chi connectivity index (χ0n) is 12.1. The van der Waals surface area contributed by atoms with Crippen LogP contribution in [-0.4, -0.2) is 27.1 Å². The molecule has 114 valence electrons. The van der Waals surface area contributed by atoms with Gasteiger partial charge in [0.05, 0.1) is 11.7 Å². The number of anilines is 1. The molecule has 2 heterocycles. The number of nitrogens with two attached hydrogens (primary N) is 1. The molecule has 1 aromatic carbocycles. The Balaban J connectivity index is 1.91. The first-order valence-corrected chi connectivity index (χ1v) is 6.98. The van der Waals surface area contributed by atoms with Crippen LogP contribution in [0.2, 0.25) is 0 Å². The van der Waals surface area contributed by atoms with Gasteiger partial charge in [0.1, 0.15) is 12.1 Å². The lowest BCUT2D eigenvalue weighted by Gasteiger charge is -2.27. The van der Waals surface area contributed by atoms with Crippen molar-refractivity contribution in [3.8, 4) is 11.6 Å². The molecular weight excluding hydrogens is 284 g/mol. The molecule has 0 fully saturated rings. The summed E-state index contributed by atoms with van der Waals surface area (Å²) in [5.74, 6) is 0.557. The summed E-state index contributed by atoms with van der Waals surface area (Å²) in [7, 11) is 0. The molecule has 2 aromatic rings. The number of hydrogen-bond acceptors (Lipinski definition) is 6. The van der Waals surface area contributed by atoms with Gasteiger partial charge in [-0.15, -0.1) is 0 Å². The largest absolute Gasteiger partial charge is 0.439 e. The van der Waals surface area contributed by atoms with Crippen LogP contribution in [0.3, 0.4) is 0 Å². The number of nitrogens with zero attached hydrogens (tertiary/aromatic N) is 3. The van der Waals surface area contributed by atoms with E-state index in [9.17, 15) is 10.0 Å². The molecule has 7 nitrogen and oxygen atoms in total. The zero-order valence-corrected chi connectivity index (χ0v) is 12.1. The molecule has 1 unspecified atom stereocenters. The molecule has 3 N–H and O–H groups in total. The van der Waals surface area contributed by atoms with Crippen molar-refractivity contribution in [1.29, 1.82) is 0 Å². The van der Waals surface area contributed by atoms with Crippen LogP contribution in [-0.2, 0) is 17.6 Å². The second-order valence-corrected chi connectivity index (χ2v) is 5.06. The van der Waals surface area contributed by atoms with E-state index in [1.165, 1.54) is 6.33 Å². The van der Waals surface area contributed by atoms with Crippen LogP contribution in [0.5, 0.6) is 11.6 Å². The summed E-state index contributed by atoms with van der Waals surface area (Å²) >= 11 is 0. The summed E-state index contributed by atoms with van der Waals surface area (Å²) in [4.78, 5) is 19.7. The van der Waals surface area contributed by atoms with Gasteiger partial charge in [0.25, 0.3) is 5.91 Å². The van der Waals surface area contributed by atoms with Crippen LogP contribution < -0.4 is 15.5 Å². The van der Waals surface area contributed by atoms with Crippen molar-refractivity contribution in [2.75, 3.05) is 5.06 Å². The maximum Gasteiger partial charge on any atom is 0.267 e. The number of hydroxylamine groups is 1. The second-order valence-electron chi connectivity index (χ2n) is 5.06. The fourth-order valence-corrected chi connectivity index (χ4v) is 2.39. The van der Waals surface area contributed by atoms with Gasteiger partial charge in [-0.25, -0.2) is 9.97 Å². The monoisotopic (exact) mass is 300 g/mol. The molecule has 0 radical (unpaired) electrons. The van der Waals surface area contributed by atoms with Crippen LogP contribution in [0.1, 0.15) is 18.1 Å². The fourth-order valence-electron chi connectivity index (χ4n) is 2.39. The predicted molar refractivity (Wildman–Crippen MR) is 78.9 cm³/mol. The highest BCUT2D eigenvalue weighted by molar-refractivity contribution is 5.98. The summed E-state index contributed by atoms with van der Waals surface area (Å²) in [6, 6.07) is 4.31. The first-order valence-electron chi connectivity index (χ1n) is 6.98. The summed E-state index contributed by atoms with van der Waals surface area (Å²) in [6.07, 6.45) is 4.25. The maximum atomic E-state index is 11.7. The lowest BCUT2D eigenvalue weighted by Crippen LogP contribution is -2.47. The normalized spacial score (nSPS) is 17.3. The Hall–Kier alpha value is -2.51. The average Bonchev–Trinajstić information content (AvgIpc) is 2.53. The minimum atomic E-state index is -0.752. The number of fused-ring (bicyclic) bond motifs is 1. The van der Waals surface area contributed by atoms with Gasteiger partial charge < -0.3 is 10.5 Å². The van der Waals surface area contributed by atoms with E-state index in [0.29, 0.717) is 28.8 Å². The van der Waals surface area contributed by atoms with E-state index in [4.69, 9.17) is 10.5 Å². The molecule has 3 rings (SSSR count). The van der Waals surface area contributed by atoms with Crippen molar-refractivity contribution in [1.82, 2.24) is 9.97 Å². The van der Waals surface area contributed by atoms with Crippen molar-refractivity contribution in [3.63, 3.8) is 0 Å². The molecule has 0 saturated heterocycles. The van der Waals surface area contributed by atoms with Gasteiger partial charge in [-0.3, -0.25) is 10.0 Å². The van der Waals surface area contributed by atoms with Crippen molar-refractivity contribution in [2.24, 2.45) is 5.73 Å². The van der Waals surface area contributed by atoms with Gasteiger partial charge >= 0.3 is 0 Å². The number of carbonyl (C=O) groups excluding carboxylic acids is 1. The third-order valence-electron chi connectivity index (χ3n) is 3.59. The number of benzene rings is 1. The van der Waals surface area contributed by atoms with Crippen molar-refractivity contribution in [3.05, 3.63) is 41.9 Å². The van der Waals surface area contributed by atoms with E-state index in [2.05, 4.69) is 9.97 Å². The first-order chi connectivity index (χ1) is 10.6. The Morgan fingerprint density at radius 1 is 1.50 bits per heavy atom.